The van der Waals surface area contributed by atoms with Gasteiger partial charge >= 0.3 is 0 Å². The van der Waals surface area contributed by atoms with Gasteiger partial charge in [-0.25, -0.2) is 8.42 Å². The van der Waals surface area contributed by atoms with Crippen molar-refractivity contribution in [2.75, 3.05) is 18.8 Å². The Hall–Kier alpha value is -0.910. The van der Waals surface area contributed by atoms with Gasteiger partial charge in [0.15, 0.2) is 9.84 Å². The largest absolute Gasteiger partial charge is 0.389 e. The molecule has 0 aliphatic heterocycles. The SMILES string of the molecule is CC(C)S(=O)(=O)CCN(Cc1ccccc1)CC(C)(C)O. The smallest absolute Gasteiger partial charge is 0.153 e. The number of rotatable bonds is 8. The van der Waals surface area contributed by atoms with Crippen LogP contribution in [-0.2, 0) is 16.4 Å². The second kappa shape index (κ2) is 7.38. The van der Waals surface area contributed by atoms with Crippen molar-refractivity contribution in [2.24, 2.45) is 0 Å². The molecule has 1 rings (SSSR count). The molecule has 0 atom stereocenters. The van der Waals surface area contributed by atoms with Gasteiger partial charge in [-0.2, -0.15) is 0 Å². The molecule has 0 amide bonds. The molecule has 0 saturated heterocycles. The maximum atomic E-state index is 12.0. The first-order valence-electron chi connectivity index (χ1n) is 7.30. The van der Waals surface area contributed by atoms with E-state index in [9.17, 15) is 13.5 Å². The lowest BCUT2D eigenvalue weighted by Crippen LogP contribution is -2.41. The van der Waals surface area contributed by atoms with Crippen LogP contribution in [0, 0.1) is 0 Å². The van der Waals surface area contributed by atoms with Crippen molar-refractivity contribution in [3.8, 4) is 0 Å². The molecule has 1 N–H and O–H groups in total. The summed E-state index contributed by atoms with van der Waals surface area (Å²) in [5.74, 6) is 0.119. The summed E-state index contributed by atoms with van der Waals surface area (Å²) in [5.41, 5.74) is 0.264. The standard InChI is InChI=1S/C16H27NO3S/c1-14(2)21(19,20)11-10-17(13-16(3,4)18)12-15-8-6-5-7-9-15/h5-9,14,18H,10-13H2,1-4H3. The fraction of sp³-hybridized carbons (Fsp3) is 0.625. The van der Waals surface area contributed by atoms with E-state index in [-0.39, 0.29) is 11.0 Å². The van der Waals surface area contributed by atoms with Gasteiger partial charge in [-0.05, 0) is 33.3 Å². The fourth-order valence-corrected chi connectivity index (χ4v) is 3.08. The molecule has 4 nitrogen and oxygen atoms in total. The molecule has 21 heavy (non-hydrogen) atoms. The summed E-state index contributed by atoms with van der Waals surface area (Å²) in [6, 6.07) is 9.89. The third-order valence-electron chi connectivity index (χ3n) is 3.27. The van der Waals surface area contributed by atoms with Gasteiger partial charge < -0.3 is 5.11 Å². The number of benzene rings is 1. The van der Waals surface area contributed by atoms with Crippen LogP contribution in [0.4, 0.5) is 0 Å². The number of hydrogen-bond donors (Lipinski definition) is 1. The summed E-state index contributed by atoms with van der Waals surface area (Å²) < 4.78 is 23.9. The predicted octanol–water partition coefficient (Wildman–Crippen LogP) is 2.08. The molecule has 0 bridgehead atoms. The Kier molecular flexibility index (Phi) is 6.38. The molecule has 0 aliphatic carbocycles. The van der Waals surface area contributed by atoms with Crippen molar-refractivity contribution in [1.29, 1.82) is 0 Å². The first kappa shape index (κ1) is 18.1. The van der Waals surface area contributed by atoms with E-state index < -0.39 is 15.4 Å². The molecule has 1 aromatic rings. The Labute approximate surface area is 128 Å². The van der Waals surface area contributed by atoms with E-state index in [0.717, 1.165) is 5.56 Å². The van der Waals surface area contributed by atoms with E-state index in [2.05, 4.69) is 0 Å². The van der Waals surface area contributed by atoms with Crippen molar-refractivity contribution in [3.63, 3.8) is 0 Å². The van der Waals surface area contributed by atoms with E-state index in [4.69, 9.17) is 0 Å². The van der Waals surface area contributed by atoms with Gasteiger partial charge in [0.1, 0.15) is 0 Å². The summed E-state index contributed by atoms with van der Waals surface area (Å²) in [6.45, 7) is 8.39. The second-order valence-electron chi connectivity index (χ2n) is 6.42. The molecule has 0 radical (unpaired) electrons. The van der Waals surface area contributed by atoms with Gasteiger partial charge in [-0.1, -0.05) is 30.3 Å². The molecule has 0 fully saturated rings. The topological polar surface area (TPSA) is 57.6 Å². The van der Waals surface area contributed by atoms with Crippen LogP contribution < -0.4 is 0 Å². The molecule has 120 valence electrons. The lowest BCUT2D eigenvalue weighted by atomic mass is 10.1. The van der Waals surface area contributed by atoms with Crippen molar-refractivity contribution in [3.05, 3.63) is 35.9 Å². The van der Waals surface area contributed by atoms with Gasteiger partial charge in [-0.3, -0.25) is 4.90 Å². The molecule has 0 heterocycles. The number of hydrogen-bond acceptors (Lipinski definition) is 4. The van der Waals surface area contributed by atoms with Gasteiger partial charge in [0, 0.05) is 19.6 Å². The van der Waals surface area contributed by atoms with Gasteiger partial charge in [-0.15, -0.1) is 0 Å². The van der Waals surface area contributed by atoms with Gasteiger partial charge in [0.2, 0.25) is 0 Å². The molecule has 0 spiro atoms. The summed E-state index contributed by atoms with van der Waals surface area (Å²) in [5, 5.41) is 9.65. The van der Waals surface area contributed by atoms with E-state index in [0.29, 0.717) is 19.6 Å². The minimum absolute atomic E-state index is 0.119. The van der Waals surface area contributed by atoms with Crippen LogP contribution in [-0.4, -0.2) is 48.1 Å². The summed E-state index contributed by atoms with van der Waals surface area (Å²) in [4.78, 5) is 2.00. The highest BCUT2D eigenvalue weighted by atomic mass is 32.2. The van der Waals surface area contributed by atoms with E-state index >= 15 is 0 Å². The van der Waals surface area contributed by atoms with E-state index in [1.165, 1.54) is 0 Å². The van der Waals surface area contributed by atoms with Crippen LogP contribution in [0.15, 0.2) is 30.3 Å². The summed E-state index contributed by atoms with van der Waals surface area (Å²) in [7, 11) is -3.06. The molecule has 0 aromatic heterocycles. The monoisotopic (exact) mass is 313 g/mol. The zero-order valence-electron chi connectivity index (χ0n) is 13.4. The Morgan fingerprint density at radius 2 is 1.76 bits per heavy atom. The van der Waals surface area contributed by atoms with Crippen LogP contribution in [0.25, 0.3) is 0 Å². The highest BCUT2D eigenvalue weighted by Gasteiger charge is 2.22. The minimum Gasteiger partial charge on any atom is -0.389 e. The highest BCUT2D eigenvalue weighted by molar-refractivity contribution is 7.92. The van der Waals surface area contributed by atoms with Crippen LogP contribution >= 0.6 is 0 Å². The third kappa shape index (κ3) is 7.07. The highest BCUT2D eigenvalue weighted by Crippen LogP contribution is 2.11. The van der Waals surface area contributed by atoms with Crippen molar-refractivity contribution in [2.45, 2.75) is 45.1 Å². The molecule has 0 aliphatic rings. The number of nitrogens with zero attached hydrogens (tertiary/aromatic N) is 1. The molecule has 1 aromatic carbocycles. The summed E-state index contributed by atoms with van der Waals surface area (Å²) >= 11 is 0. The number of aliphatic hydroxyl groups is 1. The Balaban J connectivity index is 2.74. The van der Waals surface area contributed by atoms with Crippen molar-refractivity contribution in [1.82, 2.24) is 4.90 Å². The zero-order valence-corrected chi connectivity index (χ0v) is 14.2. The Morgan fingerprint density at radius 1 is 1.19 bits per heavy atom. The second-order valence-corrected chi connectivity index (χ2v) is 9.10. The fourth-order valence-electron chi connectivity index (χ4n) is 2.09. The van der Waals surface area contributed by atoms with E-state index in [1.54, 1.807) is 27.7 Å². The molecular weight excluding hydrogens is 286 g/mol. The van der Waals surface area contributed by atoms with Gasteiger partial charge in [0.05, 0.1) is 16.6 Å². The number of sulfone groups is 1. The first-order valence-corrected chi connectivity index (χ1v) is 9.02. The Bertz CT molecular complexity index is 518. The van der Waals surface area contributed by atoms with Crippen LogP contribution in [0.3, 0.4) is 0 Å². The lowest BCUT2D eigenvalue weighted by molar-refractivity contribution is 0.0355. The third-order valence-corrected chi connectivity index (χ3v) is 5.46. The molecule has 5 heteroatoms. The normalized spacial score (nSPS) is 13.1. The van der Waals surface area contributed by atoms with Crippen molar-refractivity contribution >= 4 is 9.84 Å². The van der Waals surface area contributed by atoms with E-state index in [1.807, 2.05) is 35.2 Å². The maximum absolute atomic E-state index is 12.0. The average Bonchev–Trinajstić information content (AvgIpc) is 2.35. The predicted molar refractivity (Wildman–Crippen MR) is 86.9 cm³/mol. The minimum atomic E-state index is -3.06. The molecular formula is C16H27NO3S. The first-order chi connectivity index (χ1) is 9.60. The molecule has 0 unspecified atom stereocenters. The van der Waals surface area contributed by atoms with Crippen LogP contribution in [0.5, 0.6) is 0 Å². The Morgan fingerprint density at radius 3 is 2.24 bits per heavy atom. The lowest BCUT2D eigenvalue weighted by Gasteiger charge is -2.29. The van der Waals surface area contributed by atoms with Crippen molar-refractivity contribution < 1.29 is 13.5 Å². The quantitative estimate of drug-likeness (QED) is 0.798. The van der Waals surface area contributed by atoms with Crippen LogP contribution in [0.1, 0.15) is 33.3 Å². The van der Waals surface area contributed by atoms with Crippen LogP contribution in [0.2, 0.25) is 0 Å². The zero-order chi connectivity index (χ0) is 16.1. The maximum Gasteiger partial charge on any atom is 0.153 e. The van der Waals surface area contributed by atoms with Gasteiger partial charge in [0.25, 0.3) is 0 Å². The molecule has 0 saturated carbocycles. The average molecular weight is 313 g/mol. The summed E-state index contributed by atoms with van der Waals surface area (Å²) in [6.07, 6.45) is 0.